The van der Waals surface area contributed by atoms with Gasteiger partial charge in [-0.3, -0.25) is 0 Å². The van der Waals surface area contributed by atoms with Gasteiger partial charge in [-0.25, -0.2) is 4.98 Å². The molecule has 0 fully saturated rings. The molecular weight excluding hydrogens is 350 g/mol. The third-order valence-electron chi connectivity index (χ3n) is 4.61. The molecule has 0 unspecified atom stereocenters. The predicted octanol–water partition coefficient (Wildman–Crippen LogP) is 2.94. The van der Waals surface area contributed by atoms with Gasteiger partial charge in [0.25, 0.3) is 0 Å². The van der Waals surface area contributed by atoms with Crippen LogP contribution in [0.15, 0.2) is 54.6 Å². The van der Waals surface area contributed by atoms with Gasteiger partial charge in [-0.2, -0.15) is 0 Å². The Morgan fingerprint density at radius 1 is 1.04 bits per heavy atom. The van der Waals surface area contributed by atoms with Crippen molar-refractivity contribution in [3.8, 4) is 0 Å². The Morgan fingerprint density at radius 3 is 2.38 bits per heavy atom. The van der Waals surface area contributed by atoms with Crippen molar-refractivity contribution in [2.45, 2.75) is 19.2 Å². The first-order valence-corrected chi connectivity index (χ1v) is 8.49. The summed E-state index contributed by atoms with van der Waals surface area (Å²) in [7, 11) is 0. The molecule has 0 saturated carbocycles. The van der Waals surface area contributed by atoms with Crippen LogP contribution >= 0.6 is 12.4 Å². The van der Waals surface area contributed by atoms with E-state index in [1.54, 1.807) is 0 Å². The number of nitrogens with one attached hydrogen (secondary N) is 1. The molecule has 1 aliphatic heterocycles. The fourth-order valence-electron chi connectivity index (χ4n) is 3.26. The summed E-state index contributed by atoms with van der Waals surface area (Å²) in [6.07, 6.45) is -0.786. The molecule has 4 rings (SSSR count). The maximum absolute atomic E-state index is 9.65. The molecule has 3 N–H and O–H groups in total. The van der Waals surface area contributed by atoms with E-state index in [0.717, 1.165) is 35.5 Å². The lowest BCUT2D eigenvalue weighted by Gasteiger charge is -2.20. The van der Waals surface area contributed by atoms with Gasteiger partial charge in [-0.1, -0.05) is 42.5 Å². The number of aliphatic hydroxyl groups is 2. The molecule has 2 heterocycles. The van der Waals surface area contributed by atoms with Crippen molar-refractivity contribution in [3.63, 3.8) is 0 Å². The van der Waals surface area contributed by atoms with E-state index in [4.69, 9.17) is 10.1 Å². The Balaban J connectivity index is 0.00000196. The summed E-state index contributed by atoms with van der Waals surface area (Å²) in [5.74, 6) is 0.913. The Bertz CT molecular complexity index is 878. The highest BCUT2D eigenvalue weighted by atomic mass is 35.5. The van der Waals surface area contributed by atoms with Crippen LogP contribution in [-0.2, 0) is 13.1 Å². The van der Waals surface area contributed by atoms with Crippen LogP contribution in [0.2, 0.25) is 0 Å². The Hall–Kier alpha value is -2.34. The molecule has 0 amide bonds. The molecule has 1 aromatic heterocycles. The molecule has 1 atom stereocenters. The second kappa shape index (κ2) is 7.91. The summed E-state index contributed by atoms with van der Waals surface area (Å²) < 4.78 is 0. The summed E-state index contributed by atoms with van der Waals surface area (Å²) in [6.45, 7) is 1.73. The van der Waals surface area contributed by atoms with E-state index in [0.29, 0.717) is 6.54 Å². The second-order valence-corrected chi connectivity index (χ2v) is 6.39. The van der Waals surface area contributed by atoms with Crippen LogP contribution in [0.3, 0.4) is 0 Å². The summed E-state index contributed by atoms with van der Waals surface area (Å²) in [6, 6.07) is 18.4. The van der Waals surface area contributed by atoms with Crippen molar-refractivity contribution in [1.82, 2.24) is 4.98 Å². The fourth-order valence-corrected chi connectivity index (χ4v) is 3.26. The number of halogens is 1. The number of hydrogen-bond donors (Lipinski definition) is 3. The smallest absolute Gasteiger partial charge is 0.131 e. The minimum Gasteiger partial charge on any atom is -0.394 e. The van der Waals surface area contributed by atoms with Crippen LogP contribution in [0.25, 0.3) is 10.9 Å². The first-order chi connectivity index (χ1) is 12.2. The first-order valence-electron chi connectivity index (χ1n) is 8.49. The number of aromatic nitrogens is 1. The molecule has 26 heavy (non-hydrogen) atoms. The molecular formula is C20H22ClN3O2. The van der Waals surface area contributed by atoms with Crippen LogP contribution in [0.5, 0.6) is 0 Å². The van der Waals surface area contributed by atoms with E-state index in [1.807, 2.05) is 30.3 Å². The Morgan fingerprint density at radius 2 is 1.69 bits per heavy atom. The molecule has 0 saturated heterocycles. The van der Waals surface area contributed by atoms with E-state index in [1.165, 1.54) is 11.1 Å². The van der Waals surface area contributed by atoms with E-state index in [9.17, 15) is 5.11 Å². The molecule has 0 spiro atoms. The fraction of sp³-hybridized carbons (Fsp3) is 0.250. The van der Waals surface area contributed by atoms with Crippen molar-refractivity contribution in [1.29, 1.82) is 0 Å². The maximum atomic E-state index is 9.65. The molecule has 6 heteroatoms. The van der Waals surface area contributed by atoms with Crippen LogP contribution in [0.1, 0.15) is 11.1 Å². The molecule has 0 aliphatic carbocycles. The van der Waals surface area contributed by atoms with Crippen LogP contribution in [-0.4, -0.2) is 34.5 Å². The minimum atomic E-state index is -0.786. The molecule has 136 valence electrons. The molecule has 1 aliphatic rings. The van der Waals surface area contributed by atoms with E-state index in [2.05, 4.69) is 34.5 Å². The number of benzene rings is 2. The van der Waals surface area contributed by atoms with Crippen molar-refractivity contribution < 1.29 is 10.2 Å². The zero-order chi connectivity index (χ0) is 17.2. The largest absolute Gasteiger partial charge is 0.394 e. The van der Waals surface area contributed by atoms with Gasteiger partial charge in [-0.05, 0) is 17.2 Å². The van der Waals surface area contributed by atoms with Gasteiger partial charge >= 0.3 is 0 Å². The molecule has 2 aromatic carbocycles. The maximum Gasteiger partial charge on any atom is 0.131 e. The number of para-hydroxylation sites is 1. The number of anilines is 2. The van der Waals surface area contributed by atoms with Gasteiger partial charge in [0.15, 0.2) is 0 Å². The number of aliphatic hydroxyl groups excluding tert-OH is 2. The first kappa shape index (κ1) is 18.5. The van der Waals surface area contributed by atoms with Crippen molar-refractivity contribution in [2.75, 3.05) is 23.4 Å². The minimum absolute atomic E-state index is 0. The third kappa shape index (κ3) is 3.60. The van der Waals surface area contributed by atoms with E-state index >= 15 is 0 Å². The lowest BCUT2D eigenvalue weighted by Crippen LogP contribution is -2.23. The topological polar surface area (TPSA) is 68.6 Å². The van der Waals surface area contributed by atoms with Crippen LogP contribution < -0.4 is 10.2 Å². The third-order valence-corrected chi connectivity index (χ3v) is 4.61. The lowest BCUT2D eigenvalue weighted by atomic mass is 10.1. The van der Waals surface area contributed by atoms with Crippen molar-refractivity contribution >= 4 is 34.8 Å². The molecule has 0 radical (unpaired) electrons. The summed E-state index contributed by atoms with van der Waals surface area (Å²) >= 11 is 0. The van der Waals surface area contributed by atoms with E-state index < -0.39 is 6.10 Å². The highest BCUT2D eigenvalue weighted by Crippen LogP contribution is 2.32. The molecule has 3 aromatic rings. The standard InChI is InChI=1S/C20H21N3O2.ClH/c24-13-16(25)10-21-19-9-20(22-18-8-4-3-7-17(18)19)23-11-14-5-1-2-6-15(14)12-23;/h1-9,16,24-25H,10-13H2,(H,21,22);1H/t16-;/m0./s1. The Kier molecular flexibility index (Phi) is 5.61. The normalized spacial score (nSPS) is 14.0. The van der Waals surface area contributed by atoms with Gasteiger partial charge in [-0.15, -0.1) is 12.4 Å². The number of fused-ring (bicyclic) bond motifs is 2. The monoisotopic (exact) mass is 371 g/mol. The van der Waals surface area contributed by atoms with Gasteiger partial charge in [0.1, 0.15) is 5.82 Å². The van der Waals surface area contributed by atoms with Gasteiger partial charge < -0.3 is 20.4 Å². The number of pyridine rings is 1. The molecule has 5 nitrogen and oxygen atoms in total. The summed E-state index contributed by atoms with van der Waals surface area (Å²) in [4.78, 5) is 7.08. The zero-order valence-corrected chi connectivity index (χ0v) is 15.1. The van der Waals surface area contributed by atoms with Crippen molar-refractivity contribution in [3.05, 3.63) is 65.7 Å². The zero-order valence-electron chi connectivity index (χ0n) is 14.3. The molecule has 0 bridgehead atoms. The number of hydrogen-bond acceptors (Lipinski definition) is 5. The van der Waals surface area contributed by atoms with Gasteiger partial charge in [0.05, 0.1) is 18.2 Å². The van der Waals surface area contributed by atoms with Crippen molar-refractivity contribution in [2.24, 2.45) is 0 Å². The summed E-state index contributed by atoms with van der Waals surface area (Å²) in [5.41, 5.74) is 4.51. The average Bonchev–Trinajstić information content (AvgIpc) is 3.09. The highest BCUT2D eigenvalue weighted by Gasteiger charge is 2.20. The number of nitrogens with zero attached hydrogens (tertiary/aromatic N) is 2. The number of rotatable bonds is 5. The SMILES string of the molecule is Cl.OC[C@@H](O)CNc1cc(N2Cc3ccccc3C2)nc2ccccc12. The average molecular weight is 372 g/mol. The van der Waals surface area contributed by atoms with Gasteiger partial charge in [0.2, 0.25) is 0 Å². The Labute approximate surface area is 158 Å². The lowest BCUT2D eigenvalue weighted by molar-refractivity contribution is 0.105. The van der Waals surface area contributed by atoms with Gasteiger partial charge in [0, 0.05) is 36.8 Å². The summed E-state index contributed by atoms with van der Waals surface area (Å²) in [5, 5.41) is 22.9. The van der Waals surface area contributed by atoms with Crippen LogP contribution in [0, 0.1) is 0 Å². The van der Waals surface area contributed by atoms with Crippen LogP contribution in [0.4, 0.5) is 11.5 Å². The second-order valence-electron chi connectivity index (χ2n) is 6.39. The predicted molar refractivity (Wildman–Crippen MR) is 107 cm³/mol. The highest BCUT2D eigenvalue weighted by molar-refractivity contribution is 5.93. The quantitative estimate of drug-likeness (QED) is 0.643. The van der Waals surface area contributed by atoms with E-state index in [-0.39, 0.29) is 19.0 Å².